The van der Waals surface area contributed by atoms with Gasteiger partial charge in [-0.1, -0.05) is 24.6 Å². The molecule has 4 nitrogen and oxygen atoms in total. The fraction of sp³-hybridized carbons (Fsp3) is 0.350. The maximum absolute atomic E-state index is 13.1. The molecule has 2 aromatic rings. The predicted molar refractivity (Wildman–Crippen MR) is 101 cm³/mol. The lowest BCUT2D eigenvalue weighted by Crippen LogP contribution is -2.42. The molecule has 0 radical (unpaired) electrons. The van der Waals surface area contributed by atoms with Crippen molar-refractivity contribution >= 4 is 23.2 Å². The van der Waals surface area contributed by atoms with Crippen LogP contribution in [0.25, 0.3) is 0 Å². The summed E-state index contributed by atoms with van der Waals surface area (Å²) in [4.78, 5) is 14.7. The molecule has 6 heteroatoms. The second kappa shape index (κ2) is 8.06. The first-order valence-corrected chi connectivity index (χ1v) is 9.02. The van der Waals surface area contributed by atoms with Gasteiger partial charge >= 0.3 is 0 Å². The Balaban J connectivity index is 1.68. The fourth-order valence-corrected chi connectivity index (χ4v) is 3.45. The van der Waals surface area contributed by atoms with Crippen LogP contribution in [0.5, 0.6) is 5.75 Å². The molecule has 3 rings (SSSR count). The van der Waals surface area contributed by atoms with Crippen LogP contribution >= 0.6 is 11.6 Å². The van der Waals surface area contributed by atoms with Gasteiger partial charge in [0.15, 0.2) is 0 Å². The fourth-order valence-electron chi connectivity index (χ4n) is 3.20. The molecule has 0 saturated carbocycles. The highest BCUT2D eigenvalue weighted by atomic mass is 35.5. The normalized spacial score (nSPS) is 20.6. The summed E-state index contributed by atoms with van der Waals surface area (Å²) in [6, 6.07) is 11.0. The van der Waals surface area contributed by atoms with Crippen molar-refractivity contribution in [1.29, 1.82) is 0 Å². The SMILES string of the molecule is C[C@H]1CN(C)CC[C@H]1Oc1cccc(NC(=O)c2ccc(F)cc2Cl)c1. The van der Waals surface area contributed by atoms with Crippen molar-refractivity contribution in [3.8, 4) is 5.75 Å². The number of ether oxygens (including phenoxy) is 1. The summed E-state index contributed by atoms with van der Waals surface area (Å²) in [7, 11) is 2.11. The standard InChI is InChI=1S/C20H22ClFN2O2/c1-13-12-24(2)9-8-19(13)26-16-5-3-4-15(11-16)23-20(25)17-7-6-14(22)10-18(17)21/h3-7,10-11,13,19H,8-9,12H2,1-2H3,(H,23,25)/t13-,19+/m0/s1. The van der Waals surface area contributed by atoms with E-state index in [-0.39, 0.29) is 22.6 Å². The molecule has 1 heterocycles. The van der Waals surface area contributed by atoms with Gasteiger partial charge in [-0.15, -0.1) is 0 Å². The van der Waals surface area contributed by atoms with Crippen LogP contribution in [0.2, 0.25) is 5.02 Å². The van der Waals surface area contributed by atoms with E-state index >= 15 is 0 Å². The molecular formula is C20H22ClFN2O2. The summed E-state index contributed by atoms with van der Waals surface area (Å²) in [5.74, 6) is 0.286. The Morgan fingerprint density at radius 1 is 1.31 bits per heavy atom. The number of hydrogen-bond acceptors (Lipinski definition) is 3. The number of hydrogen-bond donors (Lipinski definition) is 1. The Labute approximate surface area is 157 Å². The third-order valence-electron chi connectivity index (χ3n) is 4.58. The summed E-state index contributed by atoms with van der Waals surface area (Å²) in [6.07, 6.45) is 1.13. The van der Waals surface area contributed by atoms with Crippen LogP contribution in [0, 0.1) is 11.7 Å². The average Bonchev–Trinajstić information content (AvgIpc) is 2.57. The second-order valence-corrected chi connectivity index (χ2v) is 7.20. The molecule has 0 spiro atoms. The van der Waals surface area contributed by atoms with Gasteiger partial charge in [-0.2, -0.15) is 0 Å². The molecule has 1 N–H and O–H groups in total. The molecule has 0 unspecified atom stereocenters. The lowest BCUT2D eigenvalue weighted by molar-refractivity contribution is 0.0640. The summed E-state index contributed by atoms with van der Waals surface area (Å²) in [5.41, 5.74) is 0.830. The van der Waals surface area contributed by atoms with Crippen LogP contribution in [-0.2, 0) is 0 Å². The van der Waals surface area contributed by atoms with Crippen LogP contribution < -0.4 is 10.1 Å². The van der Waals surface area contributed by atoms with Gasteiger partial charge in [-0.25, -0.2) is 4.39 Å². The zero-order chi connectivity index (χ0) is 18.7. The summed E-state index contributed by atoms with van der Waals surface area (Å²) in [5, 5.41) is 2.86. The molecule has 2 atom stereocenters. The molecule has 1 amide bonds. The van der Waals surface area contributed by atoms with Crippen LogP contribution in [-0.4, -0.2) is 37.0 Å². The molecule has 26 heavy (non-hydrogen) atoms. The number of rotatable bonds is 4. The van der Waals surface area contributed by atoms with Gasteiger partial charge in [-0.3, -0.25) is 4.79 Å². The van der Waals surface area contributed by atoms with E-state index in [1.165, 1.54) is 12.1 Å². The number of nitrogens with one attached hydrogen (secondary N) is 1. The number of likely N-dealkylation sites (tertiary alicyclic amines) is 1. The number of halogens is 2. The van der Waals surface area contributed by atoms with E-state index in [4.69, 9.17) is 16.3 Å². The van der Waals surface area contributed by atoms with E-state index < -0.39 is 5.82 Å². The van der Waals surface area contributed by atoms with E-state index in [1.807, 2.05) is 12.1 Å². The van der Waals surface area contributed by atoms with Gasteiger partial charge in [0.05, 0.1) is 10.6 Å². The van der Waals surface area contributed by atoms with Crippen molar-refractivity contribution in [3.63, 3.8) is 0 Å². The summed E-state index contributed by atoms with van der Waals surface area (Å²) in [6.45, 7) is 4.20. The average molecular weight is 377 g/mol. The van der Waals surface area contributed by atoms with E-state index in [9.17, 15) is 9.18 Å². The molecule has 1 aliphatic heterocycles. The lowest BCUT2D eigenvalue weighted by atomic mass is 9.97. The van der Waals surface area contributed by atoms with Crippen molar-refractivity contribution in [2.45, 2.75) is 19.4 Å². The molecule has 138 valence electrons. The lowest BCUT2D eigenvalue weighted by Gasteiger charge is -2.34. The number of amides is 1. The van der Waals surface area contributed by atoms with Gasteiger partial charge in [0.25, 0.3) is 5.91 Å². The molecule has 1 saturated heterocycles. The van der Waals surface area contributed by atoms with E-state index in [2.05, 4.69) is 24.2 Å². The van der Waals surface area contributed by atoms with Crippen molar-refractivity contribution in [3.05, 3.63) is 58.9 Å². The topological polar surface area (TPSA) is 41.6 Å². The molecular weight excluding hydrogens is 355 g/mol. The molecule has 0 aliphatic carbocycles. The summed E-state index contributed by atoms with van der Waals surface area (Å²) < 4.78 is 19.3. The molecule has 0 aromatic heterocycles. The van der Waals surface area contributed by atoms with Gasteiger partial charge in [-0.05, 0) is 43.8 Å². The van der Waals surface area contributed by atoms with Gasteiger partial charge in [0.1, 0.15) is 17.7 Å². The Morgan fingerprint density at radius 3 is 2.85 bits per heavy atom. The molecule has 1 fully saturated rings. The maximum Gasteiger partial charge on any atom is 0.257 e. The largest absolute Gasteiger partial charge is 0.490 e. The second-order valence-electron chi connectivity index (χ2n) is 6.79. The number of piperidine rings is 1. The minimum atomic E-state index is -0.478. The number of carbonyl (C=O) groups excluding carboxylic acids is 1. The van der Waals surface area contributed by atoms with Gasteiger partial charge in [0.2, 0.25) is 0 Å². The quantitative estimate of drug-likeness (QED) is 0.857. The summed E-state index contributed by atoms with van der Waals surface area (Å²) >= 11 is 5.95. The third kappa shape index (κ3) is 4.54. The number of nitrogens with zero attached hydrogens (tertiary/aromatic N) is 1. The van der Waals surface area contributed by atoms with Crippen LogP contribution in [0.1, 0.15) is 23.7 Å². The Bertz CT molecular complexity index is 799. The van der Waals surface area contributed by atoms with Crippen LogP contribution in [0.4, 0.5) is 10.1 Å². The van der Waals surface area contributed by atoms with Gasteiger partial charge in [0, 0.05) is 30.8 Å². The molecule has 1 aliphatic rings. The number of carbonyl (C=O) groups is 1. The molecule has 0 bridgehead atoms. The van der Waals surface area contributed by atoms with Crippen molar-refractivity contribution in [2.75, 3.05) is 25.5 Å². The highest BCUT2D eigenvalue weighted by molar-refractivity contribution is 6.34. The zero-order valence-electron chi connectivity index (χ0n) is 14.8. The van der Waals surface area contributed by atoms with E-state index in [0.717, 1.165) is 31.3 Å². The monoisotopic (exact) mass is 376 g/mol. The Hall–Kier alpha value is -2.11. The smallest absolute Gasteiger partial charge is 0.257 e. The first-order chi connectivity index (χ1) is 12.4. The minimum Gasteiger partial charge on any atom is -0.490 e. The Kier molecular flexibility index (Phi) is 5.79. The predicted octanol–water partition coefficient (Wildman–Crippen LogP) is 4.45. The Morgan fingerprint density at radius 2 is 2.12 bits per heavy atom. The third-order valence-corrected chi connectivity index (χ3v) is 4.90. The first kappa shape index (κ1) is 18.7. The first-order valence-electron chi connectivity index (χ1n) is 8.64. The van der Waals surface area contributed by atoms with E-state index in [1.54, 1.807) is 12.1 Å². The zero-order valence-corrected chi connectivity index (χ0v) is 15.6. The van der Waals surface area contributed by atoms with Crippen molar-refractivity contribution < 1.29 is 13.9 Å². The number of anilines is 1. The van der Waals surface area contributed by atoms with Gasteiger partial charge < -0.3 is 15.0 Å². The maximum atomic E-state index is 13.1. The minimum absolute atomic E-state index is 0.0788. The molecule has 2 aromatic carbocycles. The van der Waals surface area contributed by atoms with Crippen molar-refractivity contribution in [2.24, 2.45) is 5.92 Å². The highest BCUT2D eigenvalue weighted by Gasteiger charge is 2.25. The van der Waals surface area contributed by atoms with E-state index in [0.29, 0.717) is 11.6 Å². The van der Waals surface area contributed by atoms with Crippen LogP contribution in [0.15, 0.2) is 42.5 Å². The van der Waals surface area contributed by atoms with Crippen molar-refractivity contribution in [1.82, 2.24) is 4.90 Å². The number of benzene rings is 2. The van der Waals surface area contributed by atoms with Crippen LogP contribution in [0.3, 0.4) is 0 Å². The highest BCUT2D eigenvalue weighted by Crippen LogP contribution is 2.25.